The molecule has 1 aliphatic rings. The Morgan fingerprint density at radius 2 is 2.00 bits per heavy atom. The zero-order chi connectivity index (χ0) is 15.6. The lowest BCUT2D eigenvalue weighted by Gasteiger charge is -2.37. The summed E-state index contributed by atoms with van der Waals surface area (Å²) in [6.45, 7) is 4.07. The second kappa shape index (κ2) is 5.79. The summed E-state index contributed by atoms with van der Waals surface area (Å²) < 4.78 is 14.0. The molecule has 21 heavy (non-hydrogen) atoms. The van der Waals surface area contributed by atoms with Gasteiger partial charge in [0, 0.05) is 36.7 Å². The van der Waals surface area contributed by atoms with E-state index >= 15 is 0 Å². The number of rotatable bonds is 3. The van der Waals surface area contributed by atoms with E-state index in [2.05, 4.69) is 0 Å². The fourth-order valence-electron chi connectivity index (χ4n) is 2.63. The molecule has 0 spiro atoms. The van der Waals surface area contributed by atoms with Gasteiger partial charge in [-0.2, -0.15) is 0 Å². The normalized spacial score (nSPS) is 19.4. The van der Waals surface area contributed by atoms with Gasteiger partial charge in [-0.1, -0.05) is 0 Å². The van der Waals surface area contributed by atoms with Gasteiger partial charge in [-0.05, 0) is 38.8 Å². The number of hydrogen-bond acceptors (Lipinski definition) is 3. The molecule has 0 radical (unpaired) electrons. The van der Waals surface area contributed by atoms with E-state index in [1.807, 2.05) is 0 Å². The third kappa shape index (κ3) is 3.56. The molecule has 1 atom stereocenters. The third-order valence-corrected chi connectivity index (χ3v) is 4.00. The number of alkyl halides is 1. The van der Waals surface area contributed by atoms with Crippen LogP contribution in [0.25, 0.3) is 0 Å². The Balaban J connectivity index is 2.10. The van der Waals surface area contributed by atoms with Crippen molar-refractivity contribution in [2.24, 2.45) is 5.92 Å². The molecule has 1 aromatic carbocycles. The van der Waals surface area contributed by atoms with Crippen LogP contribution < -0.4 is 0 Å². The fraction of sp³-hybridized carbons (Fsp3) is 0.533. The summed E-state index contributed by atoms with van der Waals surface area (Å²) in [6, 6.07) is 5.52. The van der Waals surface area contributed by atoms with Crippen molar-refractivity contribution in [2.75, 3.05) is 13.1 Å². The molecule has 1 aliphatic heterocycles. The zero-order valence-corrected chi connectivity index (χ0v) is 12.2. The number of nitrogens with zero attached hydrogens (tertiary/aromatic N) is 2. The Kier molecular flexibility index (Phi) is 4.25. The van der Waals surface area contributed by atoms with Crippen LogP contribution in [0.4, 0.5) is 10.1 Å². The lowest BCUT2D eigenvalue weighted by Crippen LogP contribution is -2.45. The van der Waals surface area contributed by atoms with Crippen molar-refractivity contribution in [1.29, 1.82) is 0 Å². The van der Waals surface area contributed by atoms with Crippen LogP contribution in [0.1, 0.15) is 37.0 Å². The zero-order valence-electron chi connectivity index (χ0n) is 12.2. The second-order valence-electron chi connectivity index (χ2n) is 5.96. The summed E-state index contributed by atoms with van der Waals surface area (Å²) in [5.74, 6) is -0.368. The SMILES string of the molecule is CC(C)(F)C1CCCN(C(=O)c2ccc([N+](=O)[O-])cc2)C1. The minimum absolute atomic E-state index is 0.0482. The first-order valence-electron chi connectivity index (χ1n) is 7.01. The van der Waals surface area contributed by atoms with Gasteiger partial charge in [-0.15, -0.1) is 0 Å². The molecule has 1 heterocycles. The van der Waals surface area contributed by atoms with E-state index in [9.17, 15) is 19.3 Å². The molecule has 1 fully saturated rings. The Labute approximate surface area is 122 Å². The van der Waals surface area contributed by atoms with Crippen molar-refractivity contribution < 1.29 is 14.1 Å². The number of carbonyl (C=O) groups is 1. The molecule has 0 bridgehead atoms. The van der Waals surface area contributed by atoms with Crippen molar-refractivity contribution in [1.82, 2.24) is 4.90 Å². The third-order valence-electron chi connectivity index (χ3n) is 4.00. The lowest BCUT2D eigenvalue weighted by atomic mass is 9.85. The summed E-state index contributed by atoms with van der Waals surface area (Å²) in [5.41, 5.74) is -0.958. The molecular weight excluding hydrogens is 275 g/mol. The maximum Gasteiger partial charge on any atom is 0.269 e. The molecule has 114 valence electrons. The smallest absolute Gasteiger partial charge is 0.269 e. The number of nitro benzene ring substituents is 1. The summed E-state index contributed by atoms with van der Waals surface area (Å²) in [4.78, 5) is 24.1. The van der Waals surface area contributed by atoms with Crippen molar-refractivity contribution in [2.45, 2.75) is 32.4 Å². The number of carbonyl (C=O) groups excluding carboxylic acids is 1. The molecule has 1 saturated heterocycles. The minimum Gasteiger partial charge on any atom is -0.338 e. The van der Waals surface area contributed by atoms with E-state index < -0.39 is 10.6 Å². The average Bonchev–Trinajstić information content (AvgIpc) is 2.46. The molecule has 1 amide bonds. The van der Waals surface area contributed by atoms with E-state index in [4.69, 9.17) is 0 Å². The molecule has 6 heteroatoms. The Morgan fingerprint density at radius 3 is 2.52 bits per heavy atom. The first-order valence-corrected chi connectivity index (χ1v) is 7.01. The number of piperidine rings is 1. The molecule has 0 aromatic heterocycles. The number of likely N-dealkylation sites (tertiary alicyclic amines) is 1. The van der Waals surface area contributed by atoms with Crippen LogP contribution in [-0.4, -0.2) is 34.5 Å². The van der Waals surface area contributed by atoms with Crippen LogP contribution in [0.5, 0.6) is 0 Å². The predicted octanol–water partition coefficient (Wildman–Crippen LogP) is 3.20. The maximum absolute atomic E-state index is 14.0. The number of benzene rings is 1. The van der Waals surface area contributed by atoms with Gasteiger partial charge in [0.1, 0.15) is 5.67 Å². The van der Waals surface area contributed by atoms with Gasteiger partial charge in [-0.3, -0.25) is 14.9 Å². The quantitative estimate of drug-likeness (QED) is 0.635. The Bertz CT molecular complexity index is 537. The van der Waals surface area contributed by atoms with Crippen molar-refractivity contribution in [3.63, 3.8) is 0 Å². The summed E-state index contributed by atoms with van der Waals surface area (Å²) in [7, 11) is 0. The van der Waals surface area contributed by atoms with Gasteiger partial charge in [0.15, 0.2) is 0 Å². The van der Waals surface area contributed by atoms with Crippen molar-refractivity contribution in [3.8, 4) is 0 Å². The van der Waals surface area contributed by atoms with Gasteiger partial charge in [-0.25, -0.2) is 4.39 Å². The molecule has 0 saturated carbocycles. The van der Waals surface area contributed by atoms with Gasteiger partial charge in [0.05, 0.1) is 4.92 Å². The van der Waals surface area contributed by atoms with Crippen molar-refractivity contribution in [3.05, 3.63) is 39.9 Å². The fourth-order valence-corrected chi connectivity index (χ4v) is 2.63. The van der Waals surface area contributed by atoms with Crippen molar-refractivity contribution >= 4 is 11.6 Å². The van der Waals surface area contributed by atoms with Crippen LogP contribution in [-0.2, 0) is 0 Å². The number of non-ortho nitro benzene ring substituents is 1. The summed E-state index contributed by atoms with van der Waals surface area (Å²) in [6.07, 6.45) is 1.55. The molecule has 5 nitrogen and oxygen atoms in total. The highest BCUT2D eigenvalue weighted by molar-refractivity contribution is 5.94. The summed E-state index contributed by atoms with van der Waals surface area (Å²) in [5, 5.41) is 10.6. The molecule has 0 aliphatic carbocycles. The monoisotopic (exact) mass is 294 g/mol. The largest absolute Gasteiger partial charge is 0.338 e. The lowest BCUT2D eigenvalue weighted by molar-refractivity contribution is -0.384. The topological polar surface area (TPSA) is 63.5 Å². The second-order valence-corrected chi connectivity index (χ2v) is 5.96. The number of halogens is 1. The molecule has 2 rings (SSSR count). The van der Waals surface area contributed by atoms with Gasteiger partial charge < -0.3 is 4.90 Å². The highest BCUT2D eigenvalue weighted by atomic mass is 19.1. The van der Waals surface area contributed by atoms with Gasteiger partial charge >= 0.3 is 0 Å². The molecular formula is C15H19FN2O3. The first kappa shape index (κ1) is 15.4. The van der Waals surface area contributed by atoms with E-state index in [0.29, 0.717) is 18.7 Å². The van der Waals surface area contributed by atoms with Crippen LogP contribution in [0.2, 0.25) is 0 Å². The molecule has 1 unspecified atom stereocenters. The van der Waals surface area contributed by atoms with Crippen LogP contribution in [0.15, 0.2) is 24.3 Å². The highest BCUT2D eigenvalue weighted by Crippen LogP contribution is 2.30. The Hall–Kier alpha value is -1.98. The number of amides is 1. The first-order chi connectivity index (χ1) is 9.79. The Morgan fingerprint density at radius 1 is 1.38 bits per heavy atom. The van der Waals surface area contributed by atoms with E-state index in [1.54, 1.807) is 4.90 Å². The molecule has 1 aromatic rings. The number of nitro groups is 1. The molecule has 0 N–H and O–H groups in total. The summed E-state index contributed by atoms with van der Waals surface area (Å²) >= 11 is 0. The standard InChI is InChI=1S/C15H19FN2O3/c1-15(2,16)12-4-3-9-17(10-12)14(19)11-5-7-13(8-6-11)18(20)21/h5-8,12H,3-4,9-10H2,1-2H3. The van der Waals surface area contributed by atoms with Gasteiger partial charge in [0.2, 0.25) is 0 Å². The highest BCUT2D eigenvalue weighted by Gasteiger charge is 2.34. The van der Waals surface area contributed by atoms with Crippen LogP contribution >= 0.6 is 0 Å². The van der Waals surface area contributed by atoms with E-state index in [0.717, 1.165) is 12.8 Å². The van der Waals surface area contributed by atoms with Gasteiger partial charge in [0.25, 0.3) is 11.6 Å². The predicted molar refractivity (Wildman–Crippen MR) is 76.9 cm³/mol. The van der Waals surface area contributed by atoms with Crippen LogP contribution in [0, 0.1) is 16.0 Å². The average molecular weight is 294 g/mol. The van der Waals surface area contributed by atoms with Crippen LogP contribution in [0.3, 0.4) is 0 Å². The van der Waals surface area contributed by atoms with E-state index in [-0.39, 0.29) is 17.5 Å². The number of hydrogen-bond donors (Lipinski definition) is 0. The van der Waals surface area contributed by atoms with E-state index in [1.165, 1.54) is 38.1 Å². The maximum atomic E-state index is 14.0. The minimum atomic E-state index is -1.31.